The molecule has 1 aliphatic heterocycles. The van der Waals surface area contributed by atoms with Crippen LogP contribution in [0.5, 0.6) is 0 Å². The van der Waals surface area contributed by atoms with E-state index in [1.807, 2.05) is 30.3 Å². The second-order valence-electron chi connectivity index (χ2n) is 6.14. The van der Waals surface area contributed by atoms with Gasteiger partial charge in [0, 0.05) is 30.5 Å². The standard InChI is InChI=1S/C19H21BrN2O4S/c20-13-17-7-6-16(19(23)21-14-15-4-2-1-3-5-15)12-18(17)27(24,25)22-8-10-26-11-9-22/h1-7,12H,8-11,13-14H2,(H,21,23). The van der Waals surface area contributed by atoms with Crippen LogP contribution in [0.15, 0.2) is 53.4 Å². The van der Waals surface area contributed by atoms with Gasteiger partial charge in [0.05, 0.1) is 18.1 Å². The summed E-state index contributed by atoms with van der Waals surface area (Å²) in [4.78, 5) is 12.7. The molecule has 1 saturated heterocycles. The third-order valence-electron chi connectivity index (χ3n) is 4.36. The Kier molecular flexibility index (Phi) is 6.64. The van der Waals surface area contributed by atoms with Gasteiger partial charge in [0.2, 0.25) is 10.0 Å². The first-order valence-electron chi connectivity index (χ1n) is 8.61. The summed E-state index contributed by atoms with van der Waals surface area (Å²) in [5, 5.41) is 3.22. The van der Waals surface area contributed by atoms with E-state index in [9.17, 15) is 13.2 Å². The summed E-state index contributed by atoms with van der Waals surface area (Å²) in [5.74, 6) is -0.307. The third kappa shape index (κ3) is 4.76. The summed E-state index contributed by atoms with van der Waals surface area (Å²) in [6.45, 7) is 1.76. The molecule has 27 heavy (non-hydrogen) atoms. The lowest BCUT2D eigenvalue weighted by molar-refractivity contribution is 0.0730. The molecule has 0 atom stereocenters. The number of morpholine rings is 1. The molecule has 2 aromatic rings. The minimum absolute atomic E-state index is 0.161. The highest BCUT2D eigenvalue weighted by molar-refractivity contribution is 9.08. The molecule has 1 N–H and O–H groups in total. The Morgan fingerprint density at radius 2 is 1.81 bits per heavy atom. The van der Waals surface area contributed by atoms with Gasteiger partial charge in [0.1, 0.15) is 0 Å². The Labute approximate surface area is 167 Å². The highest BCUT2D eigenvalue weighted by Crippen LogP contribution is 2.24. The van der Waals surface area contributed by atoms with Crippen LogP contribution in [0.3, 0.4) is 0 Å². The minimum atomic E-state index is -3.68. The summed E-state index contributed by atoms with van der Waals surface area (Å²) < 4.78 is 32.7. The molecule has 2 aromatic carbocycles. The molecule has 1 aliphatic rings. The fraction of sp³-hybridized carbons (Fsp3) is 0.316. The van der Waals surface area contributed by atoms with Crippen molar-refractivity contribution in [3.63, 3.8) is 0 Å². The van der Waals surface area contributed by atoms with Crippen molar-refractivity contribution in [2.24, 2.45) is 0 Å². The molecule has 0 bridgehead atoms. The SMILES string of the molecule is O=C(NCc1ccccc1)c1ccc(CBr)c(S(=O)(=O)N2CCOCC2)c1. The zero-order chi connectivity index (χ0) is 19.3. The van der Waals surface area contributed by atoms with E-state index < -0.39 is 10.0 Å². The molecule has 6 nitrogen and oxygen atoms in total. The molecule has 144 valence electrons. The summed E-state index contributed by atoms with van der Waals surface area (Å²) >= 11 is 3.34. The molecular weight excluding hydrogens is 432 g/mol. The van der Waals surface area contributed by atoms with Crippen LogP contribution in [0.4, 0.5) is 0 Å². The van der Waals surface area contributed by atoms with E-state index in [4.69, 9.17) is 4.74 Å². The summed E-state index contributed by atoms with van der Waals surface area (Å²) in [5.41, 5.74) is 1.92. The van der Waals surface area contributed by atoms with Crippen molar-refractivity contribution in [1.82, 2.24) is 9.62 Å². The monoisotopic (exact) mass is 452 g/mol. The number of alkyl halides is 1. The molecule has 0 saturated carbocycles. The number of rotatable bonds is 6. The van der Waals surface area contributed by atoms with Gasteiger partial charge in [-0.15, -0.1) is 0 Å². The molecule has 0 unspecified atom stereocenters. The van der Waals surface area contributed by atoms with Gasteiger partial charge in [0.15, 0.2) is 0 Å². The molecule has 0 aliphatic carbocycles. The molecule has 1 amide bonds. The van der Waals surface area contributed by atoms with Crippen LogP contribution in [0.25, 0.3) is 0 Å². The molecule has 8 heteroatoms. The first kappa shape index (κ1) is 20.0. The molecule has 3 rings (SSSR count). The number of ether oxygens (including phenoxy) is 1. The average molecular weight is 453 g/mol. The largest absolute Gasteiger partial charge is 0.379 e. The second kappa shape index (κ2) is 8.97. The van der Waals surface area contributed by atoms with E-state index in [-0.39, 0.29) is 10.8 Å². The minimum Gasteiger partial charge on any atom is -0.379 e. The number of carbonyl (C=O) groups is 1. The quantitative estimate of drug-likeness (QED) is 0.683. The van der Waals surface area contributed by atoms with Crippen molar-refractivity contribution in [2.45, 2.75) is 16.8 Å². The average Bonchev–Trinajstić information content (AvgIpc) is 2.73. The van der Waals surface area contributed by atoms with Crippen molar-refractivity contribution in [1.29, 1.82) is 0 Å². The maximum atomic E-state index is 13.0. The lowest BCUT2D eigenvalue weighted by Crippen LogP contribution is -2.41. The smallest absolute Gasteiger partial charge is 0.251 e. The molecule has 0 aromatic heterocycles. The number of benzene rings is 2. The van der Waals surface area contributed by atoms with E-state index in [0.29, 0.717) is 49.3 Å². The van der Waals surface area contributed by atoms with E-state index in [1.54, 1.807) is 12.1 Å². The van der Waals surface area contributed by atoms with Crippen LogP contribution in [0.1, 0.15) is 21.5 Å². The summed E-state index contributed by atoms with van der Waals surface area (Å²) in [6, 6.07) is 14.3. The van der Waals surface area contributed by atoms with Gasteiger partial charge in [-0.1, -0.05) is 52.3 Å². The summed E-state index contributed by atoms with van der Waals surface area (Å²) in [7, 11) is -3.68. The van der Waals surface area contributed by atoms with Crippen LogP contribution in [0, 0.1) is 0 Å². The molecular formula is C19H21BrN2O4S. The van der Waals surface area contributed by atoms with Crippen molar-refractivity contribution in [3.8, 4) is 0 Å². The number of hydrogen-bond donors (Lipinski definition) is 1. The van der Waals surface area contributed by atoms with Crippen LogP contribution < -0.4 is 5.32 Å². The first-order chi connectivity index (χ1) is 13.0. The second-order valence-corrected chi connectivity index (χ2v) is 8.61. The number of amides is 1. The molecule has 1 heterocycles. The highest BCUT2D eigenvalue weighted by atomic mass is 79.9. The van der Waals surface area contributed by atoms with Gasteiger partial charge in [-0.25, -0.2) is 8.42 Å². The van der Waals surface area contributed by atoms with Gasteiger partial charge in [-0.3, -0.25) is 4.79 Å². The van der Waals surface area contributed by atoms with Gasteiger partial charge >= 0.3 is 0 Å². The Balaban J connectivity index is 1.83. The Hall–Kier alpha value is -1.74. The topological polar surface area (TPSA) is 75.7 Å². The number of hydrogen-bond acceptors (Lipinski definition) is 4. The zero-order valence-electron chi connectivity index (χ0n) is 14.7. The Morgan fingerprint density at radius 1 is 1.11 bits per heavy atom. The number of sulfonamides is 1. The predicted octanol–water partition coefficient (Wildman–Crippen LogP) is 2.53. The fourth-order valence-electron chi connectivity index (χ4n) is 2.85. The van der Waals surface area contributed by atoms with Crippen molar-refractivity contribution >= 4 is 31.9 Å². The number of halogens is 1. The van der Waals surface area contributed by atoms with Gasteiger partial charge in [-0.2, -0.15) is 4.31 Å². The first-order valence-corrected chi connectivity index (χ1v) is 11.2. The van der Waals surface area contributed by atoms with Gasteiger partial charge < -0.3 is 10.1 Å². The number of nitrogens with one attached hydrogen (secondary N) is 1. The van der Waals surface area contributed by atoms with Crippen molar-refractivity contribution in [3.05, 3.63) is 65.2 Å². The Morgan fingerprint density at radius 3 is 2.48 bits per heavy atom. The van der Waals surface area contributed by atoms with E-state index in [0.717, 1.165) is 5.56 Å². The van der Waals surface area contributed by atoms with Gasteiger partial charge in [0.25, 0.3) is 5.91 Å². The van der Waals surface area contributed by atoms with Crippen LogP contribution in [-0.2, 0) is 26.6 Å². The Bertz CT molecular complexity index is 897. The van der Waals surface area contributed by atoms with Crippen molar-refractivity contribution < 1.29 is 17.9 Å². The fourth-order valence-corrected chi connectivity index (χ4v) is 5.18. The lowest BCUT2D eigenvalue weighted by Gasteiger charge is -2.27. The molecule has 1 fully saturated rings. The third-order valence-corrected chi connectivity index (χ3v) is 6.94. The predicted molar refractivity (Wildman–Crippen MR) is 106 cm³/mol. The van der Waals surface area contributed by atoms with Crippen LogP contribution in [-0.4, -0.2) is 44.9 Å². The maximum Gasteiger partial charge on any atom is 0.251 e. The number of carbonyl (C=O) groups excluding carboxylic acids is 1. The molecule has 0 radical (unpaired) electrons. The number of nitrogens with zero attached hydrogens (tertiary/aromatic N) is 1. The van der Waals surface area contributed by atoms with E-state index >= 15 is 0 Å². The molecule has 0 spiro atoms. The van der Waals surface area contributed by atoms with Crippen LogP contribution in [0.2, 0.25) is 0 Å². The van der Waals surface area contributed by atoms with Crippen LogP contribution >= 0.6 is 15.9 Å². The van der Waals surface area contributed by atoms with E-state index in [2.05, 4.69) is 21.2 Å². The van der Waals surface area contributed by atoms with Crippen molar-refractivity contribution in [2.75, 3.05) is 26.3 Å². The zero-order valence-corrected chi connectivity index (χ0v) is 17.1. The van der Waals surface area contributed by atoms with Gasteiger partial charge in [-0.05, 0) is 23.3 Å². The maximum absolute atomic E-state index is 13.0. The lowest BCUT2D eigenvalue weighted by atomic mass is 10.1. The van der Waals surface area contributed by atoms with E-state index in [1.165, 1.54) is 10.4 Å². The summed E-state index contributed by atoms with van der Waals surface area (Å²) in [6.07, 6.45) is 0. The normalized spacial score (nSPS) is 15.4. The highest BCUT2D eigenvalue weighted by Gasteiger charge is 2.29.